The van der Waals surface area contributed by atoms with Gasteiger partial charge < -0.3 is 10.1 Å². The summed E-state index contributed by atoms with van der Waals surface area (Å²) in [5.41, 5.74) is 2.72. The highest BCUT2D eigenvalue weighted by Crippen LogP contribution is 2.33. The molecule has 0 saturated heterocycles. The van der Waals surface area contributed by atoms with Crippen molar-refractivity contribution in [3.63, 3.8) is 0 Å². The summed E-state index contributed by atoms with van der Waals surface area (Å²) in [7, 11) is 0. The summed E-state index contributed by atoms with van der Waals surface area (Å²) >= 11 is 0. The Labute approximate surface area is 105 Å². The van der Waals surface area contributed by atoms with Crippen molar-refractivity contribution in [3.8, 4) is 16.9 Å². The first kappa shape index (κ1) is 10.8. The number of hydrogen-bond donors (Lipinski definition) is 1. The second kappa shape index (κ2) is 4.14. The number of benzene rings is 1. The maximum Gasteiger partial charge on any atom is 0.265 e. The van der Waals surface area contributed by atoms with E-state index in [1.807, 2.05) is 30.3 Å². The highest BCUT2D eigenvalue weighted by Gasteiger charge is 2.23. The molecular formula is C14H12N2O2. The summed E-state index contributed by atoms with van der Waals surface area (Å²) in [4.78, 5) is 15.6. The van der Waals surface area contributed by atoms with Crippen LogP contribution in [-0.2, 0) is 4.79 Å². The molecule has 0 radical (unpaired) electrons. The molecule has 0 fully saturated rings. The zero-order valence-electron chi connectivity index (χ0n) is 9.88. The van der Waals surface area contributed by atoms with E-state index in [0.29, 0.717) is 11.4 Å². The Morgan fingerprint density at radius 1 is 1.28 bits per heavy atom. The molecule has 0 bridgehead atoms. The topological polar surface area (TPSA) is 51.2 Å². The van der Waals surface area contributed by atoms with E-state index in [9.17, 15) is 4.79 Å². The molecule has 1 aromatic heterocycles. The number of nitrogens with one attached hydrogen (secondary N) is 1. The quantitative estimate of drug-likeness (QED) is 0.833. The van der Waals surface area contributed by atoms with Crippen molar-refractivity contribution in [2.45, 2.75) is 13.0 Å². The van der Waals surface area contributed by atoms with Crippen LogP contribution in [-0.4, -0.2) is 17.0 Å². The summed E-state index contributed by atoms with van der Waals surface area (Å²) in [6.45, 7) is 1.73. The van der Waals surface area contributed by atoms with Crippen LogP contribution in [0, 0.1) is 0 Å². The number of anilines is 1. The Morgan fingerprint density at radius 3 is 2.94 bits per heavy atom. The second-order valence-corrected chi connectivity index (χ2v) is 4.20. The monoisotopic (exact) mass is 240 g/mol. The van der Waals surface area contributed by atoms with Crippen molar-refractivity contribution in [1.29, 1.82) is 0 Å². The van der Waals surface area contributed by atoms with Crippen molar-refractivity contribution in [3.05, 3.63) is 42.7 Å². The normalized spacial score (nSPS) is 17.6. The van der Waals surface area contributed by atoms with Gasteiger partial charge in [-0.25, -0.2) is 0 Å². The molecule has 18 heavy (non-hydrogen) atoms. The third-order valence-corrected chi connectivity index (χ3v) is 2.91. The Kier molecular flexibility index (Phi) is 2.48. The third kappa shape index (κ3) is 1.82. The molecule has 1 amide bonds. The number of ether oxygens (including phenoxy) is 1. The first-order valence-electron chi connectivity index (χ1n) is 5.76. The fourth-order valence-corrected chi connectivity index (χ4v) is 1.92. The first-order valence-corrected chi connectivity index (χ1v) is 5.76. The number of fused-ring (bicyclic) bond motifs is 1. The van der Waals surface area contributed by atoms with E-state index in [4.69, 9.17) is 4.74 Å². The van der Waals surface area contributed by atoms with Crippen LogP contribution >= 0.6 is 0 Å². The average molecular weight is 240 g/mol. The lowest BCUT2D eigenvalue weighted by Crippen LogP contribution is -2.34. The smallest absolute Gasteiger partial charge is 0.265 e. The van der Waals surface area contributed by atoms with Crippen molar-refractivity contribution in [2.75, 3.05) is 5.32 Å². The van der Waals surface area contributed by atoms with E-state index >= 15 is 0 Å². The second-order valence-electron chi connectivity index (χ2n) is 4.20. The van der Waals surface area contributed by atoms with Gasteiger partial charge in [0, 0.05) is 18.0 Å². The summed E-state index contributed by atoms with van der Waals surface area (Å²) in [6.07, 6.45) is 3.08. The lowest BCUT2D eigenvalue weighted by atomic mass is 10.1. The van der Waals surface area contributed by atoms with Crippen LogP contribution in [0.2, 0.25) is 0 Å². The number of hydrogen-bond acceptors (Lipinski definition) is 3. The van der Waals surface area contributed by atoms with Gasteiger partial charge in [-0.1, -0.05) is 12.1 Å². The largest absolute Gasteiger partial charge is 0.479 e. The molecule has 3 rings (SSSR count). The molecule has 0 saturated carbocycles. The molecular weight excluding hydrogens is 228 g/mol. The fourth-order valence-electron chi connectivity index (χ4n) is 1.92. The molecule has 0 aliphatic carbocycles. The summed E-state index contributed by atoms with van der Waals surface area (Å²) in [5.74, 6) is 0.584. The number of rotatable bonds is 1. The number of pyridine rings is 1. The third-order valence-electron chi connectivity index (χ3n) is 2.91. The molecule has 1 aliphatic heterocycles. The van der Waals surface area contributed by atoms with Crippen LogP contribution in [0.3, 0.4) is 0 Å². The van der Waals surface area contributed by atoms with Gasteiger partial charge in [-0.05, 0) is 30.7 Å². The molecule has 2 aromatic rings. The zero-order chi connectivity index (χ0) is 12.5. The average Bonchev–Trinajstić information content (AvgIpc) is 2.41. The van der Waals surface area contributed by atoms with Crippen LogP contribution in [0.4, 0.5) is 5.69 Å². The van der Waals surface area contributed by atoms with E-state index in [1.54, 1.807) is 19.3 Å². The fraction of sp³-hybridized carbons (Fsp3) is 0.143. The Hall–Kier alpha value is -2.36. The molecule has 1 N–H and O–H groups in total. The molecule has 1 aromatic carbocycles. The van der Waals surface area contributed by atoms with Crippen LogP contribution in [0.25, 0.3) is 11.1 Å². The highest BCUT2D eigenvalue weighted by molar-refractivity contribution is 5.98. The molecule has 1 aliphatic rings. The van der Waals surface area contributed by atoms with Gasteiger partial charge in [0.1, 0.15) is 5.75 Å². The minimum atomic E-state index is -0.443. The van der Waals surface area contributed by atoms with Crippen molar-refractivity contribution in [1.82, 2.24) is 4.98 Å². The van der Waals surface area contributed by atoms with E-state index in [-0.39, 0.29) is 5.91 Å². The van der Waals surface area contributed by atoms with Crippen molar-refractivity contribution < 1.29 is 9.53 Å². The Morgan fingerprint density at radius 2 is 2.17 bits per heavy atom. The van der Waals surface area contributed by atoms with E-state index in [1.165, 1.54) is 0 Å². The molecule has 2 heterocycles. The van der Waals surface area contributed by atoms with Crippen molar-refractivity contribution >= 4 is 11.6 Å². The molecule has 1 atom stereocenters. The van der Waals surface area contributed by atoms with E-state index < -0.39 is 6.10 Å². The summed E-state index contributed by atoms with van der Waals surface area (Å²) < 4.78 is 5.51. The Bertz CT molecular complexity index is 596. The van der Waals surface area contributed by atoms with Gasteiger partial charge in [0.05, 0.1) is 5.69 Å². The lowest BCUT2D eigenvalue weighted by Gasteiger charge is -2.23. The van der Waals surface area contributed by atoms with E-state index in [2.05, 4.69) is 10.3 Å². The van der Waals surface area contributed by atoms with Gasteiger partial charge in [-0.3, -0.25) is 9.78 Å². The van der Waals surface area contributed by atoms with Crippen LogP contribution in [0.5, 0.6) is 5.75 Å². The molecule has 4 heteroatoms. The summed E-state index contributed by atoms with van der Waals surface area (Å²) in [6, 6.07) is 9.58. The number of amides is 1. The van der Waals surface area contributed by atoms with Gasteiger partial charge in [0.2, 0.25) is 0 Å². The van der Waals surface area contributed by atoms with Crippen molar-refractivity contribution in [2.24, 2.45) is 0 Å². The predicted octanol–water partition coefficient (Wildman–Crippen LogP) is 2.47. The first-order chi connectivity index (χ1) is 8.74. The minimum Gasteiger partial charge on any atom is -0.479 e. The maximum atomic E-state index is 11.6. The zero-order valence-corrected chi connectivity index (χ0v) is 9.88. The van der Waals surface area contributed by atoms with Crippen LogP contribution in [0.1, 0.15) is 6.92 Å². The number of aromatic nitrogens is 1. The van der Waals surface area contributed by atoms with Gasteiger partial charge in [-0.2, -0.15) is 0 Å². The molecule has 1 unspecified atom stereocenters. The number of carbonyl (C=O) groups excluding carboxylic acids is 1. The molecule has 4 nitrogen and oxygen atoms in total. The standard InChI is InChI=1S/C14H12N2O2/c1-9-14(17)16-12-7-10(4-5-13(12)18-9)11-3-2-6-15-8-11/h2-9H,1H3,(H,16,17). The van der Waals surface area contributed by atoms with Gasteiger partial charge in [-0.15, -0.1) is 0 Å². The van der Waals surface area contributed by atoms with Crippen LogP contribution < -0.4 is 10.1 Å². The SMILES string of the molecule is CC1Oc2ccc(-c3cccnc3)cc2NC1=O. The van der Waals surface area contributed by atoms with Crippen LogP contribution in [0.15, 0.2) is 42.7 Å². The maximum absolute atomic E-state index is 11.6. The van der Waals surface area contributed by atoms with Gasteiger partial charge in [0.15, 0.2) is 6.10 Å². The van der Waals surface area contributed by atoms with E-state index in [0.717, 1.165) is 11.1 Å². The number of nitrogens with zero attached hydrogens (tertiary/aromatic N) is 1. The Balaban J connectivity index is 2.02. The van der Waals surface area contributed by atoms with Gasteiger partial charge >= 0.3 is 0 Å². The lowest BCUT2D eigenvalue weighted by molar-refractivity contribution is -0.122. The minimum absolute atomic E-state index is 0.120. The summed E-state index contributed by atoms with van der Waals surface area (Å²) in [5, 5.41) is 2.84. The van der Waals surface area contributed by atoms with Gasteiger partial charge in [0.25, 0.3) is 5.91 Å². The predicted molar refractivity (Wildman–Crippen MR) is 68.4 cm³/mol. The highest BCUT2D eigenvalue weighted by atomic mass is 16.5. The number of carbonyl (C=O) groups is 1. The molecule has 90 valence electrons. The molecule has 0 spiro atoms.